The summed E-state index contributed by atoms with van der Waals surface area (Å²) in [6.45, 7) is 0. The minimum absolute atomic E-state index is 0.220. The smallest absolute Gasteiger partial charge is 0.240 e. The van der Waals surface area contributed by atoms with Crippen LogP contribution in [0, 0.1) is 0 Å². The number of pyridine rings is 2. The second-order valence-corrected chi connectivity index (χ2v) is 8.58. The number of aromatic nitrogens is 4. The molecule has 0 aliphatic rings. The van der Waals surface area contributed by atoms with E-state index in [0.29, 0.717) is 12.1 Å². The molecule has 4 aromatic rings. The van der Waals surface area contributed by atoms with Gasteiger partial charge in [0.05, 0.1) is 17.5 Å². The van der Waals surface area contributed by atoms with E-state index in [0.717, 1.165) is 40.3 Å². The number of nitrogens with one attached hydrogen (secondary N) is 2. The van der Waals surface area contributed by atoms with Crippen LogP contribution in [-0.2, 0) is 22.9 Å². The number of fused-ring (bicyclic) bond motifs is 1. The van der Waals surface area contributed by atoms with Crippen LogP contribution in [0.4, 0.5) is 0 Å². The lowest BCUT2D eigenvalue weighted by molar-refractivity contribution is 0.413. The van der Waals surface area contributed by atoms with E-state index in [1.807, 2.05) is 18.2 Å². The Morgan fingerprint density at radius 3 is 2.57 bits per heavy atom. The summed E-state index contributed by atoms with van der Waals surface area (Å²) in [7, 11) is -0.433. The van der Waals surface area contributed by atoms with Gasteiger partial charge in [0.1, 0.15) is 11.6 Å². The first-order chi connectivity index (χ1) is 14.5. The average molecular weight is 423 g/mol. The predicted octanol–water partition coefficient (Wildman–Crippen LogP) is 2.72. The molecule has 0 amide bonds. The minimum Gasteiger partial charge on any atom is -0.497 e. The van der Waals surface area contributed by atoms with Gasteiger partial charge in [0.25, 0.3) is 0 Å². The highest BCUT2D eigenvalue weighted by Gasteiger charge is 2.12. The molecule has 3 heterocycles. The van der Waals surface area contributed by atoms with Crippen molar-refractivity contribution in [3.05, 3.63) is 66.4 Å². The van der Waals surface area contributed by atoms with Crippen molar-refractivity contribution in [3.8, 4) is 16.9 Å². The lowest BCUT2D eigenvalue weighted by Crippen LogP contribution is -2.18. The molecule has 1 aromatic carbocycles. The van der Waals surface area contributed by atoms with E-state index in [-0.39, 0.29) is 4.90 Å². The fourth-order valence-corrected chi connectivity index (χ4v) is 3.87. The van der Waals surface area contributed by atoms with E-state index >= 15 is 0 Å². The van der Waals surface area contributed by atoms with Gasteiger partial charge in [0, 0.05) is 36.1 Å². The Kier molecular flexibility index (Phi) is 5.47. The molecule has 8 nitrogen and oxygen atoms in total. The summed E-state index contributed by atoms with van der Waals surface area (Å²) in [6, 6.07) is 12.4. The van der Waals surface area contributed by atoms with Gasteiger partial charge in [-0.25, -0.2) is 23.1 Å². The van der Waals surface area contributed by atoms with Gasteiger partial charge < -0.3 is 9.72 Å². The first-order valence-electron chi connectivity index (χ1n) is 9.36. The molecule has 0 saturated carbocycles. The van der Waals surface area contributed by atoms with Gasteiger partial charge in [-0.15, -0.1) is 0 Å². The highest BCUT2D eigenvalue weighted by atomic mass is 32.2. The number of imidazole rings is 1. The molecule has 0 bridgehead atoms. The third kappa shape index (κ3) is 4.17. The van der Waals surface area contributed by atoms with Crippen molar-refractivity contribution in [2.45, 2.75) is 17.7 Å². The van der Waals surface area contributed by atoms with Crippen LogP contribution in [-0.4, -0.2) is 42.5 Å². The molecule has 3 aromatic heterocycles. The first-order valence-corrected chi connectivity index (χ1v) is 10.8. The van der Waals surface area contributed by atoms with Crippen molar-refractivity contribution in [3.63, 3.8) is 0 Å². The molecule has 30 heavy (non-hydrogen) atoms. The zero-order valence-corrected chi connectivity index (χ0v) is 17.4. The first kappa shape index (κ1) is 20.0. The predicted molar refractivity (Wildman–Crippen MR) is 114 cm³/mol. The van der Waals surface area contributed by atoms with E-state index in [4.69, 9.17) is 4.74 Å². The van der Waals surface area contributed by atoms with Crippen molar-refractivity contribution in [1.82, 2.24) is 24.7 Å². The molecule has 2 N–H and O–H groups in total. The lowest BCUT2D eigenvalue weighted by atomic mass is 10.1. The van der Waals surface area contributed by atoms with E-state index < -0.39 is 10.0 Å². The molecule has 0 atom stereocenters. The van der Waals surface area contributed by atoms with Crippen molar-refractivity contribution < 1.29 is 13.2 Å². The number of hydrogen-bond acceptors (Lipinski definition) is 6. The maximum absolute atomic E-state index is 11.9. The molecule has 0 saturated heterocycles. The monoisotopic (exact) mass is 423 g/mol. The van der Waals surface area contributed by atoms with Gasteiger partial charge in [0.2, 0.25) is 10.0 Å². The van der Waals surface area contributed by atoms with Crippen molar-refractivity contribution in [2.75, 3.05) is 14.2 Å². The maximum Gasteiger partial charge on any atom is 0.240 e. The maximum atomic E-state index is 11.9. The Labute approximate surface area is 174 Å². The van der Waals surface area contributed by atoms with Crippen molar-refractivity contribution in [1.29, 1.82) is 0 Å². The van der Waals surface area contributed by atoms with Crippen LogP contribution in [0.2, 0.25) is 0 Å². The third-order valence-corrected chi connectivity index (χ3v) is 6.23. The summed E-state index contributed by atoms with van der Waals surface area (Å²) in [5.74, 6) is 1.61. The number of methoxy groups -OCH3 is 1. The quantitative estimate of drug-likeness (QED) is 0.473. The van der Waals surface area contributed by atoms with Crippen LogP contribution in [0.3, 0.4) is 0 Å². The van der Waals surface area contributed by atoms with Crippen molar-refractivity contribution in [2.24, 2.45) is 0 Å². The average Bonchev–Trinajstić information content (AvgIpc) is 3.20. The minimum atomic E-state index is -3.46. The van der Waals surface area contributed by atoms with Crippen LogP contribution in [0.1, 0.15) is 11.5 Å². The second-order valence-electron chi connectivity index (χ2n) is 6.70. The number of aryl methyl sites for hydroxylation is 2. The van der Waals surface area contributed by atoms with E-state index in [9.17, 15) is 8.42 Å². The number of rotatable bonds is 7. The molecular formula is C21H21N5O3S. The molecule has 0 unspecified atom stereocenters. The van der Waals surface area contributed by atoms with Crippen LogP contribution in [0.15, 0.2) is 59.8 Å². The standard InChI is InChI=1S/C21H21N5O3S/c1-22-30(27,28)18-6-3-14(4-7-18)15-11-19-21(24-13-15)26-20(25-19)8-5-16-12-17(29-2)9-10-23-16/h3-4,6-7,9-13,22H,5,8H2,1-2H3,(H,24,25,26). The number of sulfonamides is 1. The number of aromatic amines is 1. The molecule has 0 fully saturated rings. The molecule has 0 aliphatic heterocycles. The Hall–Kier alpha value is -3.30. The fourth-order valence-electron chi connectivity index (χ4n) is 3.14. The largest absolute Gasteiger partial charge is 0.497 e. The Morgan fingerprint density at radius 1 is 1.03 bits per heavy atom. The third-order valence-electron chi connectivity index (χ3n) is 4.79. The normalized spacial score (nSPS) is 11.7. The van der Waals surface area contributed by atoms with Crippen LogP contribution in [0.25, 0.3) is 22.3 Å². The van der Waals surface area contributed by atoms with Gasteiger partial charge >= 0.3 is 0 Å². The van der Waals surface area contributed by atoms with E-state index in [2.05, 4.69) is 24.7 Å². The summed E-state index contributed by atoms with van der Waals surface area (Å²) in [6.07, 6.45) is 4.89. The summed E-state index contributed by atoms with van der Waals surface area (Å²) >= 11 is 0. The fraction of sp³-hybridized carbons (Fsp3) is 0.190. The SMILES string of the molecule is CNS(=O)(=O)c1ccc(-c2cnc3nc(CCc4cc(OC)ccn4)[nH]c3c2)cc1. The molecule has 9 heteroatoms. The Bertz CT molecular complexity index is 1280. The summed E-state index contributed by atoms with van der Waals surface area (Å²) in [5, 5.41) is 0. The Morgan fingerprint density at radius 2 is 1.83 bits per heavy atom. The summed E-state index contributed by atoms with van der Waals surface area (Å²) < 4.78 is 31.3. The highest BCUT2D eigenvalue weighted by Crippen LogP contribution is 2.23. The highest BCUT2D eigenvalue weighted by molar-refractivity contribution is 7.89. The lowest BCUT2D eigenvalue weighted by Gasteiger charge is -2.05. The van der Waals surface area contributed by atoms with Gasteiger partial charge in [-0.1, -0.05) is 12.1 Å². The second kappa shape index (κ2) is 8.21. The molecular weight excluding hydrogens is 402 g/mol. The van der Waals surface area contributed by atoms with Crippen LogP contribution < -0.4 is 9.46 Å². The topological polar surface area (TPSA) is 110 Å². The van der Waals surface area contributed by atoms with Gasteiger partial charge in [-0.05, 0) is 43.3 Å². The zero-order chi connectivity index (χ0) is 21.1. The molecule has 0 radical (unpaired) electrons. The van der Waals surface area contributed by atoms with E-state index in [1.165, 1.54) is 7.05 Å². The van der Waals surface area contributed by atoms with E-state index in [1.54, 1.807) is 43.8 Å². The van der Waals surface area contributed by atoms with Crippen LogP contribution in [0.5, 0.6) is 5.75 Å². The summed E-state index contributed by atoms with van der Waals surface area (Å²) in [5.41, 5.74) is 4.14. The number of ether oxygens (including phenoxy) is 1. The van der Waals surface area contributed by atoms with Crippen molar-refractivity contribution >= 4 is 21.2 Å². The summed E-state index contributed by atoms with van der Waals surface area (Å²) in [4.78, 5) is 16.9. The Balaban J connectivity index is 1.53. The number of benzene rings is 1. The molecule has 4 rings (SSSR count). The zero-order valence-electron chi connectivity index (χ0n) is 16.6. The number of nitrogens with zero attached hydrogens (tertiary/aromatic N) is 3. The number of H-pyrrole nitrogens is 1. The van der Waals surface area contributed by atoms with Crippen LogP contribution >= 0.6 is 0 Å². The van der Waals surface area contributed by atoms with Gasteiger partial charge in [-0.2, -0.15) is 0 Å². The van der Waals surface area contributed by atoms with Gasteiger partial charge in [-0.3, -0.25) is 4.98 Å². The molecule has 0 spiro atoms. The van der Waals surface area contributed by atoms with Gasteiger partial charge in [0.15, 0.2) is 5.65 Å². The molecule has 0 aliphatic carbocycles. The molecule has 154 valence electrons. The number of hydrogen-bond donors (Lipinski definition) is 2.